The number of furan rings is 1. The molecule has 0 fully saturated rings. The lowest BCUT2D eigenvalue weighted by Crippen LogP contribution is -2.15. The van der Waals surface area contributed by atoms with E-state index in [1.807, 2.05) is 18.2 Å². The second-order valence-corrected chi connectivity index (χ2v) is 6.64. The van der Waals surface area contributed by atoms with E-state index in [1.54, 1.807) is 19.1 Å². The first-order valence-corrected chi connectivity index (χ1v) is 8.33. The predicted molar refractivity (Wildman–Crippen MR) is 86.7 cm³/mol. The van der Waals surface area contributed by atoms with Crippen LogP contribution in [-0.4, -0.2) is 14.3 Å². The maximum atomic E-state index is 12.4. The van der Waals surface area contributed by atoms with Crippen LogP contribution in [0.3, 0.4) is 0 Å². The Morgan fingerprint density at radius 1 is 1.13 bits per heavy atom. The summed E-state index contributed by atoms with van der Waals surface area (Å²) in [6, 6.07) is 13.1. The molecule has 0 aliphatic rings. The van der Waals surface area contributed by atoms with Crippen molar-refractivity contribution in [1.82, 2.24) is 0 Å². The first kappa shape index (κ1) is 15.3. The molecule has 1 amide bonds. The summed E-state index contributed by atoms with van der Waals surface area (Å²) in [7, 11) is -3.83. The fraction of sp³-hybridized carbons (Fsp3) is 0.0625. The molecule has 3 aromatic rings. The molecule has 1 aromatic heterocycles. The van der Waals surface area contributed by atoms with Crippen molar-refractivity contribution < 1.29 is 17.6 Å². The monoisotopic (exact) mass is 330 g/mol. The number of carbonyl (C=O) groups excluding carboxylic acids is 1. The summed E-state index contributed by atoms with van der Waals surface area (Å²) in [5, 5.41) is 8.56. The smallest absolute Gasteiger partial charge is 0.291 e. The summed E-state index contributed by atoms with van der Waals surface area (Å²) < 4.78 is 28.3. The Bertz CT molecular complexity index is 1010. The maximum Gasteiger partial charge on any atom is 0.291 e. The summed E-state index contributed by atoms with van der Waals surface area (Å²) in [5.74, 6) is -0.266. The van der Waals surface area contributed by atoms with Gasteiger partial charge in [-0.15, -0.1) is 0 Å². The average molecular weight is 330 g/mol. The molecule has 0 radical (unpaired) electrons. The van der Waals surface area contributed by atoms with Gasteiger partial charge in [0.2, 0.25) is 10.0 Å². The van der Waals surface area contributed by atoms with Crippen molar-refractivity contribution >= 4 is 32.6 Å². The van der Waals surface area contributed by atoms with E-state index >= 15 is 0 Å². The van der Waals surface area contributed by atoms with Gasteiger partial charge in [-0.2, -0.15) is 0 Å². The largest absolute Gasteiger partial charge is 0.451 e. The third-order valence-electron chi connectivity index (χ3n) is 3.47. The summed E-state index contributed by atoms with van der Waals surface area (Å²) in [5.41, 5.74) is 1.66. The van der Waals surface area contributed by atoms with Gasteiger partial charge in [0.05, 0.1) is 4.90 Å². The summed E-state index contributed by atoms with van der Waals surface area (Å²) >= 11 is 0. The normalized spacial score (nSPS) is 11.6. The number of hydrogen-bond acceptors (Lipinski definition) is 4. The van der Waals surface area contributed by atoms with Crippen LogP contribution in [0.1, 0.15) is 16.1 Å². The third kappa shape index (κ3) is 2.96. The molecule has 0 unspecified atom stereocenters. The van der Waals surface area contributed by atoms with Crippen molar-refractivity contribution in [2.24, 2.45) is 5.14 Å². The molecular weight excluding hydrogens is 316 g/mol. The number of rotatable bonds is 3. The molecule has 0 saturated heterocycles. The lowest BCUT2D eigenvalue weighted by molar-refractivity contribution is 0.0998. The highest BCUT2D eigenvalue weighted by Crippen LogP contribution is 2.25. The Labute approximate surface area is 133 Å². The molecule has 0 aliphatic carbocycles. The number of para-hydroxylation sites is 1. The molecule has 6 nitrogen and oxygen atoms in total. The van der Waals surface area contributed by atoms with Crippen LogP contribution < -0.4 is 10.5 Å². The molecule has 3 N–H and O–H groups in total. The van der Waals surface area contributed by atoms with Gasteiger partial charge < -0.3 is 9.73 Å². The molecule has 2 aromatic carbocycles. The zero-order chi connectivity index (χ0) is 16.6. The second kappa shape index (κ2) is 5.53. The third-order valence-corrected chi connectivity index (χ3v) is 4.38. The summed E-state index contributed by atoms with van der Waals surface area (Å²) in [6.07, 6.45) is 0. The van der Waals surface area contributed by atoms with Crippen molar-refractivity contribution in [1.29, 1.82) is 0 Å². The Hall–Kier alpha value is -2.64. The highest BCUT2D eigenvalue weighted by Gasteiger charge is 2.18. The van der Waals surface area contributed by atoms with Crippen LogP contribution in [-0.2, 0) is 10.0 Å². The van der Waals surface area contributed by atoms with Gasteiger partial charge in [0, 0.05) is 16.6 Å². The number of benzene rings is 2. The molecule has 118 valence electrons. The van der Waals surface area contributed by atoms with Gasteiger partial charge in [-0.25, -0.2) is 13.6 Å². The Morgan fingerprint density at radius 3 is 2.57 bits per heavy atom. The molecular formula is C16H14N2O4S. The summed E-state index contributed by atoms with van der Waals surface area (Å²) in [6.45, 7) is 1.79. The highest BCUT2D eigenvalue weighted by atomic mass is 32.2. The van der Waals surface area contributed by atoms with Crippen LogP contribution in [0.2, 0.25) is 0 Å². The lowest BCUT2D eigenvalue weighted by atomic mass is 10.1. The van der Waals surface area contributed by atoms with E-state index in [0.717, 1.165) is 10.9 Å². The average Bonchev–Trinajstić information content (AvgIpc) is 2.84. The van der Waals surface area contributed by atoms with Gasteiger partial charge >= 0.3 is 0 Å². The van der Waals surface area contributed by atoms with Crippen LogP contribution in [0, 0.1) is 6.92 Å². The van der Waals surface area contributed by atoms with Gasteiger partial charge in [0.1, 0.15) is 5.58 Å². The topological polar surface area (TPSA) is 102 Å². The fourth-order valence-electron chi connectivity index (χ4n) is 2.33. The van der Waals surface area contributed by atoms with Gasteiger partial charge in [0.15, 0.2) is 5.76 Å². The molecule has 0 atom stereocenters. The van der Waals surface area contributed by atoms with Gasteiger partial charge in [-0.3, -0.25) is 4.79 Å². The fourth-order valence-corrected chi connectivity index (χ4v) is 2.89. The van der Waals surface area contributed by atoms with E-state index in [-0.39, 0.29) is 10.7 Å². The number of amides is 1. The van der Waals surface area contributed by atoms with Crippen molar-refractivity contribution in [3.8, 4) is 0 Å². The second-order valence-electron chi connectivity index (χ2n) is 5.08. The minimum absolute atomic E-state index is 0.0726. The zero-order valence-electron chi connectivity index (χ0n) is 12.2. The molecule has 0 aliphatic heterocycles. The number of primary sulfonamides is 1. The standard InChI is InChI=1S/C16H14N2O4S/c1-10-13-7-2-3-8-14(13)22-15(10)16(19)18-11-5-4-6-12(9-11)23(17,20)21/h2-9H,1H3,(H,18,19)(H2,17,20,21). The van der Waals surface area contributed by atoms with Crippen LogP contribution in [0.4, 0.5) is 5.69 Å². The summed E-state index contributed by atoms with van der Waals surface area (Å²) in [4.78, 5) is 12.3. The molecule has 0 spiro atoms. The van der Waals surface area contributed by atoms with E-state index in [2.05, 4.69) is 5.32 Å². The number of carbonyl (C=O) groups is 1. The number of fused-ring (bicyclic) bond motifs is 1. The maximum absolute atomic E-state index is 12.4. The van der Waals surface area contributed by atoms with Crippen molar-refractivity contribution in [3.63, 3.8) is 0 Å². The first-order chi connectivity index (χ1) is 10.9. The van der Waals surface area contributed by atoms with Crippen LogP contribution in [0.5, 0.6) is 0 Å². The molecule has 3 rings (SSSR count). The number of sulfonamides is 1. The Kier molecular flexibility index (Phi) is 3.67. The van der Waals surface area contributed by atoms with Crippen molar-refractivity contribution in [3.05, 3.63) is 59.9 Å². The molecule has 1 heterocycles. The minimum atomic E-state index is -3.83. The van der Waals surface area contributed by atoms with Crippen LogP contribution in [0.15, 0.2) is 57.8 Å². The van der Waals surface area contributed by atoms with Crippen LogP contribution >= 0.6 is 0 Å². The SMILES string of the molecule is Cc1c(C(=O)Nc2cccc(S(N)(=O)=O)c2)oc2ccccc12. The quantitative estimate of drug-likeness (QED) is 0.770. The zero-order valence-corrected chi connectivity index (χ0v) is 13.1. The predicted octanol–water partition coefficient (Wildman–Crippen LogP) is 2.64. The van der Waals surface area contributed by atoms with E-state index in [0.29, 0.717) is 11.3 Å². The molecule has 0 bridgehead atoms. The molecule has 0 saturated carbocycles. The number of aryl methyl sites for hydroxylation is 1. The van der Waals surface area contributed by atoms with Crippen molar-refractivity contribution in [2.75, 3.05) is 5.32 Å². The van der Waals surface area contributed by atoms with Crippen molar-refractivity contribution in [2.45, 2.75) is 11.8 Å². The molecule has 23 heavy (non-hydrogen) atoms. The number of hydrogen-bond donors (Lipinski definition) is 2. The Morgan fingerprint density at radius 2 is 1.87 bits per heavy atom. The van der Waals surface area contributed by atoms with E-state index in [9.17, 15) is 13.2 Å². The van der Waals surface area contributed by atoms with E-state index < -0.39 is 15.9 Å². The molecule has 7 heteroatoms. The van der Waals surface area contributed by atoms with Crippen LogP contribution in [0.25, 0.3) is 11.0 Å². The highest BCUT2D eigenvalue weighted by molar-refractivity contribution is 7.89. The van der Waals surface area contributed by atoms with E-state index in [4.69, 9.17) is 9.56 Å². The van der Waals surface area contributed by atoms with Gasteiger partial charge in [-0.05, 0) is 31.2 Å². The number of nitrogens with two attached hydrogens (primary N) is 1. The van der Waals surface area contributed by atoms with E-state index in [1.165, 1.54) is 18.2 Å². The number of nitrogens with one attached hydrogen (secondary N) is 1. The number of anilines is 1. The minimum Gasteiger partial charge on any atom is -0.451 e. The van der Waals surface area contributed by atoms with Gasteiger partial charge in [0.25, 0.3) is 5.91 Å². The Balaban J connectivity index is 1.94. The first-order valence-electron chi connectivity index (χ1n) is 6.78. The lowest BCUT2D eigenvalue weighted by Gasteiger charge is -2.05. The van der Waals surface area contributed by atoms with Gasteiger partial charge in [-0.1, -0.05) is 24.3 Å².